The van der Waals surface area contributed by atoms with E-state index in [1.54, 1.807) is 12.1 Å². The molecule has 4 rings (SSSR count). The molecule has 36 heavy (non-hydrogen) atoms. The molecule has 2 aliphatic rings. The maximum atomic E-state index is 13.9. The minimum atomic E-state index is -1.02. The molecule has 0 saturated carbocycles. The number of halogens is 4. The van der Waals surface area contributed by atoms with Crippen LogP contribution in [-0.4, -0.2) is 55.0 Å². The van der Waals surface area contributed by atoms with Gasteiger partial charge in [0.1, 0.15) is 17.7 Å². The fourth-order valence-corrected chi connectivity index (χ4v) is 5.92. The number of hydrogen-bond acceptors (Lipinski definition) is 5. The molecule has 0 radical (unpaired) electrons. The Kier molecular flexibility index (Phi) is 11.8. The number of nitrogens with zero attached hydrogens (tertiary/aromatic N) is 2. The first-order valence-corrected chi connectivity index (χ1v) is 12.8. The van der Waals surface area contributed by atoms with E-state index in [1.165, 1.54) is 12.1 Å². The lowest BCUT2D eigenvalue weighted by molar-refractivity contribution is -0.305. The van der Waals surface area contributed by atoms with E-state index in [0.29, 0.717) is 24.7 Å². The van der Waals surface area contributed by atoms with Gasteiger partial charge in [-0.05, 0) is 49.6 Å². The molecule has 0 aromatic heterocycles. The lowest BCUT2D eigenvalue weighted by Gasteiger charge is -2.58. The Balaban J connectivity index is 0.00000228. The summed E-state index contributed by atoms with van der Waals surface area (Å²) in [6, 6.07) is 14.1. The highest BCUT2D eigenvalue weighted by Crippen LogP contribution is 2.52. The van der Waals surface area contributed by atoms with Gasteiger partial charge in [-0.25, -0.2) is 14.4 Å². The third-order valence-electron chi connectivity index (χ3n) is 6.97. The van der Waals surface area contributed by atoms with Crippen molar-refractivity contribution in [3.63, 3.8) is 0 Å². The molecule has 0 N–H and O–H groups in total. The van der Waals surface area contributed by atoms with Gasteiger partial charge in [-0.3, -0.25) is 0 Å². The fourth-order valence-electron chi connectivity index (χ4n) is 5.74. The summed E-state index contributed by atoms with van der Waals surface area (Å²) < 4.78 is 33.5. The van der Waals surface area contributed by atoms with Crippen LogP contribution in [0.15, 0.2) is 48.5 Å². The second-order valence-electron chi connectivity index (χ2n) is 9.30. The maximum absolute atomic E-state index is 13.9. The summed E-state index contributed by atoms with van der Waals surface area (Å²) in [5.41, 5.74) is 0.319. The van der Waals surface area contributed by atoms with E-state index in [0.717, 1.165) is 50.1 Å². The molecule has 2 aliphatic heterocycles. The van der Waals surface area contributed by atoms with Gasteiger partial charge in [0.25, 0.3) is 0 Å². The Morgan fingerprint density at radius 3 is 2.39 bits per heavy atom. The summed E-state index contributed by atoms with van der Waals surface area (Å²) in [4.78, 5) is 0. The van der Waals surface area contributed by atoms with Crippen LogP contribution in [0.3, 0.4) is 0 Å². The maximum Gasteiger partial charge on any atom is 0.215 e. The smallest absolute Gasteiger partial charge is 0.215 e. The minimum absolute atomic E-state index is 0. The second-order valence-corrected chi connectivity index (χ2v) is 9.73. The van der Waals surface area contributed by atoms with E-state index in [1.807, 2.05) is 24.3 Å². The van der Waals surface area contributed by atoms with Crippen LogP contribution in [0.25, 0.3) is 0 Å². The topological polar surface area (TPSA) is 34.2 Å². The van der Waals surface area contributed by atoms with E-state index in [-0.39, 0.29) is 36.7 Å². The molecular weight excluding hydrogens is 526 g/mol. The van der Waals surface area contributed by atoms with Gasteiger partial charge in [0.15, 0.2) is 0 Å². The lowest BCUT2D eigenvalue weighted by Crippen LogP contribution is -2.70. The molecule has 2 unspecified atom stereocenters. The van der Waals surface area contributed by atoms with Crippen molar-refractivity contribution in [1.82, 2.24) is 10.0 Å². The van der Waals surface area contributed by atoms with Crippen LogP contribution < -0.4 is 4.74 Å². The Bertz CT molecular complexity index is 946. The molecule has 9 heteroatoms. The average Bonchev–Trinajstić information content (AvgIpc) is 3.32. The van der Waals surface area contributed by atoms with Crippen molar-refractivity contribution in [1.29, 1.82) is 0 Å². The SMILES string of the molecule is CCCN(C)N1CCC(Oc2cccc(Cl)c2)CC1(CCC)C1(c2ccc(F)cc2)OCCO1.Cl.Cl. The van der Waals surface area contributed by atoms with Crippen LogP contribution in [0, 0.1) is 5.82 Å². The number of ether oxygens (including phenoxy) is 3. The highest BCUT2D eigenvalue weighted by molar-refractivity contribution is 6.30. The number of hydrazine groups is 1. The monoisotopic (exact) mass is 562 g/mol. The Morgan fingerprint density at radius 2 is 1.78 bits per heavy atom. The highest BCUT2D eigenvalue weighted by Gasteiger charge is 2.62. The zero-order valence-corrected chi connectivity index (χ0v) is 23.6. The molecule has 2 aromatic rings. The Labute approximate surface area is 232 Å². The molecule has 2 fully saturated rings. The standard InChI is InChI=1S/C27H36ClFN2O3.2ClH/c1-4-14-26(27(32-17-18-33-27)21-9-11-23(29)12-10-21)20-25(13-16-31(26)30(3)15-5-2)34-24-8-6-7-22(28)19-24;;/h6-12,19,25H,4-5,13-18,20H2,1-3H3;2*1H. The molecule has 2 atom stereocenters. The zero-order chi connectivity index (χ0) is 24.2. The molecule has 0 spiro atoms. The minimum Gasteiger partial charge on any atom is -0.490 e. The number of hydrogen-bond donors (Lipinski definition) is 0. The van der Waals surface area contributed by atoms with Crippen LogP contribution in [0.1, 0.15) is 51.5 Å². The summed E-state index contributed by atoms with van der Waals surface area (Å²) in [5.74, 6) is -0.524. The first-order valence-electron chi connectivity index (χ1n) is 12.4. The van der Waals surface area contributed by atoms with Crippen molar-refractivity contribution in [2.24, 2.45) is 0 Å². The van der Waals surface area contributed by atoms with Crippen molar-refractivity contribution in [3.05, 3.63) is 64.9 Å². The summed E-state index contributed by atoms with van der Waals surface area (Å²) in [5, 5.41) is 5.40. The highest BCUT2D eigenvalue weighted by atomic mass is 35.5. The lowest BCUT2D eigenvalue weighted by atomic mass is 9.73. The molecule has 2 saturated heterocycles. The van der Waals surface area contributed by atoms with E-state index < -0.39 is 11.3 Å². The van der Waals surface area contributed by atoms with Gasteiger partial charge in [-0.2, -0.15) is 0 Å². The molecular formula is C27H38Cl3FN2O3. The summed E-state index contributed by atoms with van der Waals surface area (Å²) in [6.45, 7) is 7.09. The summed E-state index contributed by atoms with van der Waals surface area (Å²) in [6.07, 6.45) is 4.35. The van der Waals surface area contributed by atoms with Crippen LogP contribution in [-0.2, 0) is 15.3 Å². The largest absolute Gasteiger partial charge is 0.490 e. The molecule has 5 nitrogen and oxygen atoms in total. The van der Waals surface area contributed by atoms with Crippen molar-refractivity contribution < 1.29 is 18.6 Å². The van der Waals surface area contributed by atoms with Crippen molar-refractivity contribution in [2.45, 2.75) is 63.4 Å². The van der Waals surface area contributed by atoms with E-state index in [2.05, 4.69) is 30.9 Å². The molecule has 2 aromatic carbocycles. The number of benzene rings is 2. The Morgan fingerprint density at radius 1 is 1.08 bits per heavy atom. The third-order valence-corrected chi connectivity index (χ3v) is 7.21. The van der Waals surface area contributed by atoms with Crippen molar-refractivity contribution in [3.8, 4) is 5.75 Å². The third kappa shape index (κ3) is 6.12. The first kappa shape index (κ1) is 31.1. The van der Waals surface area contributed by atoms with E-state index >= 15 is 0 Å². The quantitative estimate of drug-likeness (QED) is 0.333. The molecule has 2 heterocycles. The van der Waals surface area contributed by atoms with Crippen LogP contribution in [0.5, 0.6) is 5.75 Å². The van der Waals surface area contributed by atoms with Gasteiger partial charge in [-0.15, -0.1) is 24.8 Å². The first-order chi connectivity index (χ1) is 16.4. The molecule has 0 amide bonds. The molecule has 0 bridgehead atoms. The Hall–Kier alpha value is -1.12. The van der Waals surface area contributed by atoms with Crippen molar-refractivity contribution >= 4 is 36.4 Å². The molecule has 202 valence electrons. The van der Waals surface area contributed by atoms with Gasteiger partial charge in [0, 0.05) is 37.1 Å². The molecule has 0 aliphatic carbocycles. The van der Waals surface area contributed by atoms with Crippen LogP contribution >= 0.6 is 36.4 Å². The predicted octanol–water partition coefficient (Wildman–Crippen LogP) is 6.86. The van der Waals surface area contributed by atoms with Gasteiger partial charge >= 0.3 is 0 Å². The van der Waals surface area contributed by atoms with Crippen LogP contribution in [0.2, 0.25) is 5.02 Å². The second kappa shape index (κ2) is 13.6. The summed E-state index contributed by atoms with van der Waals surface area (Å²) >= 11 is 6.22. The van der Waals surface area contributed by atoms with Crippen molar-refractivity contribution in [2.75, 3.05) is 33.4 Å². The predicted molar refractivity (Wildman–Crippen MR) is 147 cm³/mol. The summed E-state index contributed by atoms with van der Waals surface area (Å²) in [7, 11) is 2.14. The van der Waals surface area contributed by atoms with Gasteiger partial charge < -0.3 is 14.2 Å². The van der Waals surface area contributed by atoms with Gasteiger partial charge in [-0.1, -0.05) is 50.1 Å². The van der Waals surface area contributed by atoms with Gasteiger partial charge in [0.05, 0.1) is 18.8 Å². The fraction of sp³-hybridized carbons (Fsp3) is 0.556. The van der Waals surface area contributed by atoms with Crippen LogP contribution in [0.4, 0.5) is 4.39 Å². The zero-order valence-electron chi connectivity index (χ0n) is 21.3. The normalized spacial score (nSPS) is 23.7. The average molecular weight is 564 g/mol. The van der Waals surface area contributed by atoms with E-state index in [9.17, 15) is 4.39 Å². The van der Waals surface area contributed by atoms with Gasteiger partial charge in [0.2, 0.25) is 5.79 Å². The van der Waals surface area contributed by atoms with E-state index in [4.69, 9.17) is 25.8 Å². The number of piperidine rings is 1. The number of rotatable bonds is 9.